The van der Waals surface area contributed by atoms with Crippen LogP contribution in [0.25, 0.3) is 0 Å². The van der Waals surface area contributed by atoms with Crippen molar-refractivity contribution in [3.05, 3.63) is 47.2 Å². The number of carbonyl (C=O) groups is 3. The third-order valence-electron chi connectivity index (χ3n) is 5.34. The first kappa shape index (κ1) is 27.8. The van der Waals surface area contributed by atoms with Gasteiger partial charge in [0.25, 0.3) is 5.91 Å². The molecule has 1 fully saturated rings. The fourth-order valence-corrected chi connectivity index (χ4v) is 3.47. The highest BCUT2D eigenvalue weighted by Crippen LogP contribution is 2.40. The fourth-order valence-electron chi connectivity index (χ4n) is 3.47. The molecule has 0 atom stereocenters. The number of anilines is 3. The van der Waals surface area contributed by atoms with Gasteiger partial charge in [-0.2, -0.15) is 0 Å². The summed E-state index contributed by atoms with van der Waals surface area (Å²) < 4.78 is 10.7. The Balaban J connectivity index is 1.86. The van der Waals surface area contributed by atoms with Crippen molar-refractivity contribution >= 4 is 35.3 Å². The SMILES string of the molecule is Cc1ccc(NC(=O)c2ccc(N(C)C(=O)OC(C)(C)C)cc2NNC(=O)OC(C)(C)C)nc1C1CC1. The third-order valence-corrected chi connectivity index (χ3v) is 5.34. The van der Waals surface area contributed by atoms with Gasteiger partial charge in [-0.25, -0.2) is 20.0 Å². The van der Waals surface area contributed by atoms with Crippen molar-refractivity contribution in [1.29, 1.82) is 0 Å². The number of ether oxygens (including phenoxy) is 2. The van der Waals surface area contributed by atoms with Crippen molar-refractivity contribution in [3.8, 4) is 0 Å². The molecule has 3 amide bonds. The van der Waals surface area contributed by atoms with Crippen molar-refractivity contribution in [2.24, 2.45) is 0 Å². The van der Waals surface area contributed by atoms with Crippen LogP contribution in [0.2, 0.25) is 0 Å². The Labute approximate surface area is 218 Å². The van der Waals surface area contributed by atoms with Gasteiger partial charge in [-0.1, -0.05) is 6.07 Å². The number of hydrogen-bond donors (Lipinski definition) is 3. The molecule has 37 heavy (non-hydrogen) atoms. The normalized spacial score (nSPS) is 13.4. The van der Waals surface area contributed by atoms with E-state index >= 15 is 0 Å². The van der Waals surface area contributed by atoms with E-state index in [0.29, 0.717) is 17.4 Å². The van der Waals surface area contributed by atoms with Gasteiger partial charge in [-0.15, -0.1) is 0 Å². The fraction of sp³-hybridized carbons (Fsp3) is 0.481. The van der Waals surface area contributed by atoms with E-state index in [0.717, 1.165) is 24.1 Å². The molecule has 3 N–H and O–H groups in total. The zero-order chi connectivity index (χ0) is 27.5. The average Bonchev–Trinajstić information content (AvgIpc) is 3.61. The van der Waals surface area contributed by atoms with E-state index in [2.05, 4.69) is 21.2 Å². The largest absolute Gasteiger partial charge is 0.443 e. The number of pyridine rings is 1. The molecule has 2 aromatic rings. The van der Waals surface area contributed by atoms with Crippen molar-refractivity contribution in [2.45, 2.75) is 78.4 Å². The molecule has 0 saturated heterocycles. The number of aryl methyl sites for hydroxylation is 1. The van der Waals surface area contributed by atoms with Crippen LogP contribution < -0.4 is 21.1 Å². The van der Waals surface area contributed by atoms with E-state index in [1.54, 1.807) is 72.9 Å². The molecule has 1 saturated carbocycles. The molecular formula is C27H37N5O5. The minimum absolute atomic E-state index is 0.229. The molecule has 0 spiro atoms. The van der Waals surface area contributed by atoms with E-state index in [1.807, 2.05) is 13.0 Å². The number of hydrogen-bond acceptors (Lipinski definition) is 7. The number of benzene rings is 1. The molecule has 1 heterocycles. The van der Waals surface area contributed by atoms with Crippen LogP contribution in [0, 0.1) is 6.92 Å². The number of hydrazine groups is 1. The molecule has 1 aliphatic carbocycles. The smallest absolute Gasteiger partial charge is 0.426 e. The van der Waals surface area contributed by atoms with Gasteiger partial charge in [0, 0.05) is 24.3 Å². The average molecular weight is 512 g/mol. The van der Waals surface area contributed by atoms with E-state index < -0.39 is 29.3 Å². The lowest BCUT2D eigenvalue weighted by Crippen LogP contribution is -2.37. The molecule has 10 heteroatoms. The van der Waals surface area contributed by atoms with Crippen molar-refractivity contribution in [3.63, 3.8) is 0 Å². The van der Waals surface area contributed by atoms with Crippen molar-refractivity contribution in [1.82, 2.24) is 10.4 Å². The molecule has 1 aliphatic rings. The number of nitrogens with zero attached hydrogens (tertiary/aromatic N) is 2. The molecule has 3 rings (SSSR count). The van der Waals surface area contributed by atoms with Crippen LogP contribution in [-0.2, 0) is 9.47 Å². The lowest BCUT2D eigenvalue weighted by Gasteiger charge is -2.25. The predicted octanol–water partition coefficient (Wildman–Crippen LogP) is 5.74. The maximum absolute atomic E-state index is 13.3. The summed E-state index contributed by atoms with van der Waals surface area (Å²) in [7, 11) is 1.56. The highest BCUT2D eigenvalue weighted by atomic mass is 16.6. The van der Waals surface area contributed by atoms with Crippen molar-refractivity contribution in [2.75, 3.05) is 22.7 Å². The Morgan fingerprint density at radius 2 is 1.62 bits per heavy atom. The van der Waals surface area contributed by atoms with Gasteiger partial charge in [-0.3, -0.25) is 15.1 Å². The van der Waals surface area contributed by atoms with Gasteiger partial charge < -0.3 is 14.8 Å². The summed E-state index contributed by atoms with van der Waals surface area (Å²) in [4.78, 5) is 44.0. The molecule has 200 valence electrons. The molecule has 0 radical (unpaired) electrons. The third kappa shape index (κ3) is 8.09. The highest BCUT2D eigenvalue weighted by Gasteiger charge is 2.27. The Hall–Kier alpha value is -3.82. The van der Waals surface area contributed by atoms with Gasteiger partial charge in [-0.05, 0) is 91.1 Å². The topological polar surface area (TPSA) is 122 Å². The zero-order valence-corrected chi connectivity index (χ0v) is 22.8. The van der Waals surface area contributed by atoms with Crippen molar-refractivity contribution < 1.29 is 23.9 Å². The second kappa shape index (κ2) is 10.7. The molecule has 1 aromatic carbocycles. The molecular weight excluding hydrogens is 474 g/mol. The van der Waals surface area contributed by atoms with Crippen LogP contribution in [0.3, 0.4) is 0 Å². The molecule has 0 unspecified atom stereocenters. The van der Waals surface area contributed by atoms with Gasteiger partial charge >= 0.3 is 12.2 Å². The summed E-state index contributed by atoms with van der Waals surface area (Å²) in [5.74, 6) is 0.450. The number of rotatable bonds is 6. The van der Waals surface area contributed by atoms with E-state index in [4.69, 9.17) is 9.47 Å². The number of nitrogens with one attached hydrogen (secondary N) is 3. The Morgan fingerprint density at radius 3 is 2.22 bits per heavy atom. The van der Waals surface area contributed by atoms with Gasteiger partial charge in [0.1, 0.15) is 17.0 Å². The summed E-state index contributed by atoms with van der Waals surface area (Å²) in [6, 6.07) is 8.44. The number of carbonyl (C=O) groups excluding carboxylic acids is 3. The first-order valence-corrected chi connectivity index (χ1v) is 12.3. The first-order chi connectivity index (χ1) is 17.1. The minimum Gasteiger partial charge on any atom is -0.443 e. The highest BCUT2D eigenvalue weighted by molar-refractivity contribution is 6.08. The number of amides is 3. The summed E-state index contributed by atoms with van der Waals surface area (Å²) in [5, 5.41) is 2.84. The lowest BCUT2D eigenvalue weighted by atomic mass is 10.1. The Morgan fingerprint density at radius 1 is 0.973 bits per heavy atom. The summed E-state index contributed by atoms with van der Waals surface area (Å²) in [6.45, 7) is 12.6. The Bertz CT molecular complexity index is 1180. The van der Waals surface area contributed by atoms with Gasteiger partial charge in [0.15, 0.2) is 0 Å². The van der Waals surface area contributed by atoms with E-state index in [1.165, 1.54) is 4.90 Å². The first-order valence-electron chi connectivity index (χ1n) is 12.3. The second-order valence-electron chi connectivity index (χ2n) is 11.1. The summed E-state index contributed by atoms with van der Waals surface area (Å²) in [5.41, 5.74) is 6.84. The van der Waals surface area contributed by atoms with Crippen LogP contribution in [0.15, 0.2) is 30.3 Å². The summed E-state index contributed by atoms with van der Waals surface area (Å²) >= 11 is 0. The molecule has 1 aromatic heterocycles. The summed E-state index contributed by atoms with van der Waals surface area (Å²) in [6.07, 6.45) is 0.913. The number of aromatic nitrogens is 1. The van der Waals surface area contributed by atoms with Crippen LogP contribution in [0.1, 0.15) is 81.9 Å². The van der Waals surface area contributed by atoms with E-state index in [-0.39, 0.29) is 11.3 Å². The monoisotopic (exact) mass is 511 g/mol. The standard InChI is InChI=1S/C27H37N5O5/c1-16-9-14-21(28-22(16)17-10-11-17)29-23(33)19-13-12-18(32(8)25(35)37-27(5,6)7)15-20(19)30-31-24(34)36-26(2,3)4/h9,12-15,17,30H,10-11H2,1-8H3,(H,31,34)(H,28,29,33). The van der Waals surface area contributed by atoms with Crippen LogP contribution >= 0.6 is 0 Å². The van der Waals surface area contributed by atoms with Crippen LogP contribution in [-0.4, -0.2) is 41.3 Å². The lowest BCUT2D eigenvalue weighted by molar-refractivity contribution is 0.0538. The van der Waals surface area contributed by atoms with E-state index in [9.17, 15) is 14.4 Å². The predicted molar refractivity (Wildman–Crippen MR) is 143 cm³/mol. The quantitative estimate of drug-likeness (QED) is 0.423. The zero-order valence-electron chi connectivity index (χ0n) is 22.8. The Kier molecular flexibility index (Phi) is 8.00. The van der Waals surface area contributed by atoms with Crippen LogP contribution in [0.5, 0.6) is 0 Å². The second-order valence-corrected chi connectivity index (χ2v) is 11.1. The minimum atomic E-state index is -0.723. The molecule has 0 aliphatic heterocycles. The maximum Gasteiger partial charge on any atom is 0.426 e. The van der Waals surface area contributed by atoms with Gasteiger partial charge in [0.2, 0.25) is 0 Å². The maximum atomic E-state index is 13.3. The molecule has 10 nitrogen and oxygen atoms in total. The molecule has 0 bridgehead atoms. The van der Waals surface area contributed by atoms with Gasteiger partial charge in [0.05, 0.1) is 11.3 Å². The van der Waals surface area contributed by atoms with Crippen LogP contribution in [0.4, 0.5) is 26.8 Å².